The number of nitrogens with zero attached hydrogens (tertiary/aromatic N) is 2. The van der Waals surface area contributed by atoms with E-state index in [1.807, 2.05) is 48.5 Å². The van der Waals surface area contributed by atoms with Crippen LogP contribution in [0, 0.1) is 5.82 Å². The van der Waals surface area contributed by atoms with Crippen molar-refractivity contribution in [1.29, 1.82) is 0 Å². The van der Waals surface area contributed by atoms with Crippen LogP contribution >= 0.6 is 11.3 Å². The second-order valence-corrected chi connectivity index (χ2v) is 12.0. The zero-order valence-electron chi connectivity index (χ0n) is 22.7. The van der Waals surface area contributed by atoms with Gasteiger partial charge >= 0.3 is 5.97 Å². The van der Waals surface area contributed by atoms with E-state index in [1.54, 1.807) is 17.6 Å². The molecule has 1 N–H and O–H groups in total. The minimum Gasteiger partial charge on any atom is -0.497 e. The Morgan fingerprint density at radius 2 is 1.80 bits per heavy atom. The molecule has 3 aromatic carbocycles. The van der Waals surface area contributed by atoms with Crippen LogP contribution < -0.4 is 15.1 Å². The van der Waals surface area contributed by atoms with Crippen LogP contribution in [0.4, 0.5) is 10.1 Å². The van der Waals surface area contributed by atoms with Gasteiger partial charge in [0.2, 0.25) is 5.43 Å². The quantitative estimate of drug-likeness (QED) is 0.227. The number of pyridine rings is 1. The van der Waals surface area contributed by atoms with Gasteiger partial charge in [-0.15, -0.1) is 11.3 Å². The molecule has 0 saturated heterocycles. The van der Waals surface area contributed by atoms with Crippen LogP contribution in [0.3, 0.4) is 0 Å². The summed E-state index contributed by atoms with van der Waals surface area (Å²) < 4.78 is 24.1. The van der Waals surface area contributed by atoms with E-state index in [-0.39, 0.29) is 17.0 Å². The number of benzene rings is 3. The third-order valence-electron chi connectivity index (χ3n) is 8.65. The molecule has 7 rings (SSSR count). The number of halogens is 1. The lowest BCUT2D eigenvalue weighted by Gasteiger charge is -2.42. The fourth-order valence-corrected chi connectivity index (χ4v) is 7.83. The summed E-state index contributed by atoms with van der Waals surface area (Å²) in [6.45, 7) is 0.606. The molecule has 1 atom stereocenters. The summed E-state index contributed by atoms with van der Waals surface area (Å²) in [7, 11) is 1.64. The third-order valence-corrected chi connectivity index (χ3v) is 9.80. The number of hydrogen-bond acceptors (Lipinski definition) is 5. The van der Waals surface area contributed by atoms with Gasteiger partial charge in [0.1, 0.15) is 22.0 Å². The Bertz CT molecular complexity index is 1940. The smallest absolute Gasteiger partial charge is 0.342 e. The standard InChI is InChI=1S/C33H29FN2O4S/c1-40-23-12-10-19(11-13-23)14-22-15-20-6-2-3-7-21(20)18-35(22)28-16-24-27(17-25(28)34)36-26-8-4-5-9-29(26)41-32(36)30(31(24)37)33(38)39/h4-5,8-13,16-17,22H,2-3,6-7,14-15,18H2,1H3,(H,38,39). The minimum atomic E-state index is -1.28. The van der Waals surface area contributed by atoms with Crippen molar-refractivity contribution in [2.75, 3.05) is 18.6 Å². The lowest BCUT2D eigenvalue weighted by molar-refractivity contribution is 0.0697. The van der Waals surface area contributed by atoms with Crippen molar-refractivity contribution < 1.29 is 19.0 Å². The molecular formula is C33H29FN2O4S. The average molecular weight is 569 g/mol. The fraction of sp³-hybridized carbons (Fsp3) is 0.273. The first-order chi connectivity index (χ1) is 19.9. The van der Waals surface area contributed by atoms with Gasteiger partial charge in [-0.3, -0.25) is 9.20 Å². The van der Waals surface area contributed by atoms with Gasteiger partial charge in [0.15, 0.2) is 0 Å². The molecule has 5 aromatic rings. The lowest BCUT2D eigenvalue weighted by Crippen LogP contribution is -2.43. The van der Waals surface area contributed by atoms with E-state index in [0.29, 0.717) is 29.0 Å². The Morgan fingerprint density at radius 1 is 1.05 bits per heavy atom. The number of carboxylic acid groups (broad SMARTS) is 1. The van der Waals surface area contributed by atoms with E-state index in [0.717, 1.165) is 47.2 Å². The number of carboxylic acids is 1. The van der Waals surface area contributed by atoms with Crippen molar-refractivity contribution in [2.45, 2.75) is 44.6 Å². The predicted octanol–water partition coefficient (Wildman–Crippen LogP) is 7.21. The van der Waals surface area contributed by atoms with Crippen molar-refractivity contribution in [2.24, 2.45) is 0 Å². The molecule has 41 heavy (non-hydrogen) atoms. The molecule has 2 aliphatic rings. The van der Waals surface area contributed by atoms with Gasteiger partial charge in [0, 0.05) is 24.0 Å². The highest BCUT2D eigenvalue weighted by Gasteiger charge is 2.32. The van der Waals surface area contributed by atoms with Crippen LogP contribution in [0.2, 0.25) is 0 Å². The van der Waals surface area contributed by atoms with E-state index in [1.165, 1.54) is 35.0 Å². The summed E-state index contributed by atoms with van der Waals surface area (Å²) in [5, 5.41) is 10.3. The lowest BCUT2D eigenvalue weighted by atomic mass is 9.82. The van der Waals surface area contributed by atoms with Crippen molar-refractivity contribution >= 4 is 48.9 Å². The molecule has 6 nitrogen and oxygen atoms in total. The number of hydrogen-bond donors (Lipinski definition) is 1. The highest BCUT2D eigenvalue weighted by molar-refractivity contribution is 7.24. The number of para-hydroxylation sites is 1. The van der Waals surface area contributed by atoms with E-state index < -0.39 is 17.2 Å². The number of aromatic carboxylic acids is 1. The maximum absolute atomic E-state index is 16.3. The molecular weight excluding hydrogens is 539 g/mol. The molecule has 1 unspecified atom stereocenters. The van der Waals surface area contributed by atoms with Crippen LogP contribution in [0.25, 0.3) is 25.9 Å². The molecule has 208 valence electrons. The van der Waals surface area contributed by atoms with Gasteiger partial charge in [0.25, 0.3) is 0 Å². The van der Waals surface area contributed by atoms with Crippen LogP contribution in [0.15, 0.2) is 76.6 Å². The largest absolute Gasteiger partial charge is 0.497 e. The molecule has 0 fully saturated rings. The van der Waals surface area contributed by atoms with E-state index >= 15 is 4.39 Å². The number of anilines is 1. The van der Waals surface area contributed by atoms with Gasteiger partial charge in [0.05, 0.1) is 28.5 Å². The minimum absolute atomic E-state index is 0.000368. The monoisotopic (exact) mass is 568 g/mol. The van der Waals surface area contributed by atoms with Crippen molar-refractivity contribution in [3.8, 4) is 5.75 Å². The Morgan fingerprint density at radius 3 is 2.56 bits per heavy atom. The summed E-state index contributed by atoms with van der Waals surface area (Å²) >= 11 is 1.23. The Hall–Kier alpha value is -4.17. The van der Waals surface area contributed by atoms with Gasteiger partial charge in [-0.25, -0.2) is 9.18 Å². The SMILES string of the molecule is COc1ccc(CC2CC3=C(CCCC3)CN2c2cc3c(=O)c(C(=O)O)c4sc5ccccc5n4c3cc2F)cc1. The third kappa shape index (κ3) is 4.28. The van der Waals surface area contributed by atoms with Gasteiger partial charge in [-0.1, -0.05) is 35.4 Å². The number of aromatic nitrogens is 1. The zero-order valence-corrected chi connectivity index (χ0v) is 23.5. The van der Waals surface area contributed by atoms with Crippen LogP contribution in [0.1, 0.15) is 48.0 Å². The summed E-state index contributed by atoms with van der Waals surface area (Å²) in [6.07, 6.45) is 5.94. The van der Waals surface area contributed by atoms with Crippen LogP contribution in [0.5, 0.6) is 5.75 Å². The number of carbonyl (C=O) groups is 1. The second-order valence-electron chi connectivity index (χ2n) is 11.0. The van der Waals surface area contributed by atoms with Crippen LogP contribution in [-0.4, -0.2) is 35.2 Å². The first-order valence-electron chi connectivity index (χ1n) is 13.9. The molecule has 0 spiro atoms. The normalized spacial score (nSPS) is 17.4. The number of thiazole rings is 1. The summed E-state index contributed by atoms with van der Waals surface area (Å²) in [5.41, 5.74) is 4.59. The molecule has 1 aliphatic carbocycles. The zero-order chi connectivity index (χ0) is 28.2. The Balaban J connectivity index is 1.42. The van der Waals surface area contributed by atoms with Crippen LogP contribution in [-0.2, 0) is 6.42 Å². The molecule has 1 aliphatic heterocycles. The topological polar surface area (TPSA) is 71.2 Å². The molecule has 2 aromatic heterocycles. The summed E-state index contributed by atoms with van der Waals surface area (Å²) in [5.74, 6) is -0.906. The van der Waals surface area contributed by atoms with Gasteiger partial charge in [-0.2, -0.15) is 0 Å². The average Bonchev–Trinajstić information content (AvgIpc) is 3.36. The molecule has 8 heteroatoms. The molecule has 0 amide bonds. The summed E-state index contributed by atoms with van der Waals surface area (Å²) in [4.78, 5) is 28.5. The first-order valence-corrected chi connectivity index (χ1v) is 14.8. The number of ether oxygens (including phenoxy) is 1. The highest BCUT2D eigenvalue weighted by atomic mass is 32.1. The van der Waals surface area contributed by atoms with Crippen molar-refractivity contribution in [1.82, 2.24) is 4.40 Å². The molecule has 0 bridgehead atoms. The number of methoxy groups -OCH3 is 1. The van der Waals surface area contributed by atoms with E-state index in [9.17, 15) is 14.7 Å². The first kappa shape index (κ1) is 25.8. The fourth-order valence-electron chi connectivity index (χ4n) is 6.64. The number of fused-ring (bicyclic) bond motifs is 5. The Kier molecular flexibility index (Phi) is 6.31. The second kappa shape index (κ2) is 10.0. The van der Waals surface area contributed by atoms with Crippen molar-refractivity contribution in [3.63, 3.8) is 0 Å². The van der Waals surface area contributed by atoms with E-state index in [2.05, 4.69) is 4.90 Å². The molecule has 0 radical (unpaired) electrons. The molecule has 0 saturated carbocycles. The van der Waals surface area contributed by atoms with E-state index in [4.69, 9.17) is 4.74 Å². The van der Waals surface area contributed by atoms with Crippen molar-refractivity contribution in [3.05, 3.63) is 99.0 Å². The number of rotatable bonds is 5. The Labute approximate surface area is 239 Å². The highest BCUT2D eigenvalue weighted by Crippen LogP contribution is 2.40. The maximum Gasteiger partial charge on any atom is 0.342 e. The maximum atomic E-state index is 16.3. The van der Waals surface area contributed by atoms with Gasteiger partial charge < -0.3 is 14.7 Å². The summed E-state index contributed by atoms with van der Waals surface area (Å²) in [6, 6.07) is 18.4. The molecule has 3 heterocycles. The van der Waals surface area contributed by atoms with Gasteiger partial charge in [-0.05, 0) is 74.4 Å². The predicted molar refractivity (Wildman–Crippen MR) is 161 cm³/mol.